The maximum atomic E-state index is 11.9. The van der Waals surface area contributed by atoms with Crippen molar-refractivity contribution in [1.82, 2.24) is 4.98 Å². The minimum atomic E-state index is -0.550. The van der Waals surface area contributed by atoms with Crippen LogP contribution in [0.25, 0.3) is 11.1 Å². The number of H-pyrrole nitrogens is 1. The lowest BCUT2D eigenvalue weighted by molar-refractivity contribution is -0.383. The van der Waals surface area contributed by atoms with E-state index in [0.717, 1.165) is 5.69 Å². The van der Waals surface area contributed by atoms with Crippen LogP contribution in [0.15, 0.2) is 18.2 Å². The molecule has 0 spiro atoms. The third kappa shape index (κ3) is 2.45. The average Bonchev–Trinajstić information content (AvgIpc) is 2.73. The standard InChI is InChI=1S/C14H15N3O4/c1-7-12(13(8(2)16-7)14(18)21-3)9-4-5-10(15)11(6-9)17(19)20/h4-6,16H,15H2,1-3H3. The molecular weight excluding hydrogens is 274 g/mol. The molecule has 0 radical (unpaired) electrons. The Hall–Kier alpha value is -2.83. The van der Waals surface area contributed by atoms with Crippen molar-refractivity contribution < 1.29 is 14.5 Å². The second kappa shape index (κ2) is 5.28. The number of nitrogen functional groups attached to an aromatic ring is 1. The van der Waals surface area contributed by atoms with E-state index in [1.807, 2.05) is 0 Å². The van der Waals surface area contributed by atoms with Gasteiger partial charge in [0.25, 0.3) is 5.69 Å². The maximum absolute atomic E-state index is 11.9. The molecule has 1 heterocycles. The molecule has 21 heavy (non-hydrogen) atoms. The number of benzene rings is 1. The first-order valence-electron chi connectivity index (χ1n) is 6.18. The average molecular weight is 289 g/mol. The number of ether oxygens (including phenoxy) is 1. The number of nitrogens with two attached hydrogens (primary N) is 1. The minimum Gasteiger partial charge on any atom is -0.465 e. The van der Waals surface area contributed by atoms with E-state index in [1.165, 1.54) is 19.2 Å². The molecule has 110 valence electrons. The van der Waals surface area contributed by atoms with Crippen molar-refractivity contribution in [3.8, 4) is 11.1 Å². The van der Waals surface area contributed by atoms with Gasteiger partial charge < -0.3 is 15.5 Å². The van der Waals surface area contributed by atoms with Crippen LogP contribution in [0.1, 0.15) is 21.7 Å². The second-order valence-corrected chi connectivity index (χ2v) is 4.65. The highest BCUT2D eigenvalue weighted by Crippen LogP contribution is 2.34. The Morgan fingerprint density at radius 2 is 2.00 bits per heavy atom. The van der Waals surface area contributed by atoms with E-state index in [1.54, 1.807) is 19.9 Å². The lowest BCUT2D eigenvalue weighted by Crippen LogP contribution is -2.04. The van der Waals surface area contributed by atoms with Crippen molar-refractivity contribution >= 4 is 17.3 Å². The highest BCUT2D eigenvalue weighted by molar-refractivity contribution is 6.00. The Morgan fingerprint density at radius 3 is 2.57 bits per heavy atom. The number of hydrogen-bond acceptors (Lipinski definition) is 5. The highest BCUT2D eigenvalue weighted by Gasteiger charge is 2.23. The second-order valence-electron chi connectivity index (χ2n) is 4.65. The van der Waals surface area contributed by atoms with Gasteiger partial charge in [0.2, 0.25) is 0 Å². The number of carbonyl (C=O) groups is 1. The number of esters is 1. The molecule has 1 aromatic carbocycles. The number of methoxy groups -OCH3 is 1. The van der Waals surface area contributed by atoms with Crippen molar-refractivity contribution in [2.75, 3.05) is 12.8 Å². The van der Waals surface area contributed by atoms with Gasteiger partial charge in [0.1, 0.15) is 5.69 Å². The fourth-order valence-electron chi connectivity index (χ4n) is 2.36. The summed E-state index contributed by atoms with van der Waals surface area (Å²) in [4.78, 5) is 25.4. The fourth-order valence-corrected chi connectivity index (χ4v) is 2.36. The molecule has 0 unspecified atom stereocenters. The van der Waals surface area contributed by atoms with Crippen LogP contribution in [-0.2, 0) is 4.74 Å². The van der Waals surface area contributed by atoms with E-state index >= 15 is 0 Å². The first kappa shape index (κ1) is 14.6. The van der Waals surface area contributed by atoms with Crippen LogP contribution in [0, 0.1) is 24.0 Å². The highest BCUT2D eigenvalue weighted by atomic mass is 16.6. The van der Waals surface area contributed by atoms with Crippen LogP contribution >= 0.6 is 0 Å². The number of nitrogens with zero attached hydrogens (tertiary/aromatic N) is 1. The predicted molar refractivity (Wildman–Crippen MR) is 78.1 cm³/mol. The largest absolute Gasteiger partial charge is 0.465 e. The molecule has 2 aromatic rings. The summed E-state index contributed by atoms with van der Waals surface area (Å²) in [5, 5.41) is 11.0. The van der Waals surface area contributed by atoms with Crippen molar-refractivity contribution in [1.29, 1.82) is 0 Å². The molecule has 0 fully saturated rings. The number of nitro benzene ring substituents is 1. The normalized spacial score (nSPS) is 10.4. The van der Waals surface area contributed by atoms with Gasteiger partial charge in [-0.3, -0.25) is 10.1 Å². The molecular formula is C14H15N3O4. The maximum Gasteiger partial charge on any atom is 0.340 e. The minimum absolute atomic E-state index is 0.0771. The van der Waals surface area contributed by atoms with E-state index in [0.29, 0.717) is 22.4 Å². The van der Waals surface area contributed by atoms with Gasteiger partial charge in [-0.25, -0.2) is 4.79 Å². The Balaban J connectivity index is 2.70. The van der Waals surface area contributed by atoms with Crippen molar-refractivity contribution in [3.05, 3.63) is 45.3 Å². The lowest BCUT2D eigenvalue weighted by atomic mass is 9.99. The molecule has 0 bridgehead atoms. The summed E-state index contributed by atoms with van der Waals surface area (Å²) >= 11 is 0. The lowest BCUT2D eigenvalue weighted by Gasteiger charge is -2.06. The Bertz CT molecular complexity index is 734. The van der Waals surface area contributed by atoms with Crippen molar-refractivity contribution in [2.24, 2.45) is 0 Å². The molecule has 0 saturated carbocycles. The molecule has 1 aromatic heterocycles. The van der Waals surface area contributed by atoms with Gasteiger partial charge in [0.15, 0.2) is 0 Å². The molecule has 7 heteroatoms. The molecule has 0 aliphatic heterocycles. The summed E-state index contributed by atoms with van der Waals surface area (Å²) in [7, 11) is 1.29. The van der Waals surface area contributed by atoms with Gasteiger partial charge in [-0.1, -0.05) is 6.07 Å². The Kier molecular flexibility index (Phi) is 3.66. The summed E-state index contributed by atoms with van der Waals surface area (Å²) in [6.45, 7) is 3.53. The number of rotatable bonds is 3. The van der Waals surface area contributed by atoms with Gasteiger partial charge in [-0.05, 0) is 25.5 Å². The number of aromatic amines is 1. The van der Waals surface area contributed by atoms with Gasteiger partial charge in [-0.15, -0.1) is 0 Å². The fraction of sp³-hybridized carbons (Fsp3) is 0.214. The van der Waals surface area contributed by atoms with E-state index in [9.17, 15) is 14.9 Å². The summed E-state index contributed by atoms with van der Waals surface area (Å²) in [6, 6.07) is 4.46. The zero-order chi connectivity index (χ0) is 15.7. The zero-order valence-electron chi connectivity index (χ0n) is 11.9. The molecule has 0 atom stereocenters. The van der Waals surface area contributed by atoms with Gasteiger partial charge in [0.05, 0.1) is 17.6 Å². The van der Waals surface area contributed by atoms with Crippen LogP contribution in [0.2, 0.25) is 0 Å². The third-order valence-corrected chi connectivity index (χ3v) is 3.28. The molecule has 3 N–H and O–H groups in total. The SMILES string of the molecule is COC(=O)c1c(C)[nH]c(C)c1-c1ccc(N)c([N+](=O)[O-])c1. The van der Waals surface area contributed by atoms with Crippen LogP contribution in [-0.4, -0.2) is 23.0 Å². The van der Waals surface area contributed by atoms with Crippen LogP contribution in [0.5, 0.6) is 0 Å². The number of nitro groups is 1. The molecule has 0 aliphatic carbocycles. The smallest absolute Gasteiger partial charge is 0.340 e. The van der Waals surface area contributed by atoms with E-state index in [-0.39, 0.29) is 11.4 Å². The number of aromatic nitrogens is 1. The van der Waals surface area contributed by atoms with Crippen LogP contribution < -0.4 is 5.73 Å². The molecule has 0 amide bonds. The number of carbonyl (C=O) groups excluding carboxylic acids is 1. The monoisotopic (exact) mass is 289 g/mol. The molecule has 7 nitrogen and oxygen atoms in total. The first-order chi connectivity index (χ1) is 9.86. The zero-order valence-corrected chi connectivity index (χ0v) is 11.9. The van der Waals surface area contributed by atoms with E-state index in [2.05, 4.69) is 4.98 Å². The van der Waals surface area contributed by atoms with Crippen LogP contribution in [0.4, 0.5) is 11.4 Å². The first-order valence-corrected chi connectivity index (χ1v) is 6.18. The summed E-state index contributed by atoms with van der Waals surface area (Å²) in [5.41, 5.74) is 8.35. The molecule has 0 aliphatic rings. The summed E-state index contributed by atoms with van der Waals surface area (Å²) < 4.78 is 4.78. The summed E-state index contributed by atoms with van der Waals surface area (Å²) in [6.07, 6.45) is 0. The molecule has 2 rings (SSSR count). The topological polar surface area (TPSA) is 111 Å². The van der Waals surface area contributed by atoms with Crippen molar-refractivity contribution in [3.63, 3.8) is 0 Å². The van der Waals surface area contributed by atoms with Gasteiger partial charge in [0, 0.05) is 23.0 Å². The Morgan fingerprint density at radius 1 is 1.33 bits per heavy atom. The van der Waals surface area contributed by atoms with Gasteiger partial charge >= 0.3 is 5.97 Å². The van der Waals surface area contributed by atoms with Crippen molar-refractivity contribution in [2.45, 2.75) is 13.8 Å². The number of anilines is 1. The van der Waals surface area contributed by atoms with Gasteiger partial charge in [-0.2, -0.15) is 0 Å². The van der Waals surface area contributed by atoms with Crippen LogP contribution in [0.3, 0.4) is 0 Å². The number of hydrogen-bond donors (Lipinski definition) is 2. The third-order valence-electron chi connectivity index (χ3n) is 3.28. The molecule has 0 saturated heterocycles. The Labute approximate surface area is 120 Å². The van der Waals surface area contributed by atoms with E-state index < -0.39 is 10.9 Å². The summed E-state index contributed by atoms with van der Waals surface area (Å²) in [5.74, 6) is -0.494. The number of aryl methyl sites for hydroxylation is 2. The quantitative estimate of drug-likeness (QED) is 0.390. The number of nitrogens with one attached hydrogen (secondary N) is 1. The van der Waals surface area contributed by atoms with E-state index in [4.69, 9.17) is 10.5 Å². The predicted octanol–water partition coefficient (Wildman–Crippen LogP) is 2.58.